The number of hydrogen-bond donors (Lipinski definition) is 6. The topological polar surface area (TPSA) is 139 Å². The predicted octanol–water partition coefficient (Wildman–Crippen LogP) is 0.665. The summed E-state index contributed by atoms with van der Waals surface area (Å²) in [5, 5.41) is 12.0. The van der Waals surface area contributed by atoms with Gasteiger partial charge in [-0.25, -0.2) is 0 Å². The summed E-state index contributed by atoms with van der Waals surface area (Å²) >= 11 is 0. The van der Waals surface area contributed by atoms with Crippen LogP contribution in [0.2, 0.25) is 0 Å². The van der Waals surface area contributed by atoms with E-state index in [1.165, 1.54) is 0 Å². The number of aliphatic hydroxyl groups excluding tert-OH is 1. The summed E-state index contributed by atoms with van der Waals surface area (Å²) in [5.74, 6) is 5.08. The van der Waals surface area contributed by atoms with Crippen molar-refractivity contribution in [2.45, 2.75) is 13.8 Å². The Kier molecular flexibility index (Phi) is 6.28. The van der Waals surface area contributed by atoms with Gasteiger partial charge in [0.15, 0.2) is 0 Å². The number of aliphatic hydroxyl groups is 1. The molecular formula is C22H29N7O3. The third kappa shape index (κ3) is 4.13. The summed E-state index contributed by atoms with van der Waals surface area (Å²) in [5.41, 5.74) is 10.9. The maximum atomic E-state index is 13.2. The van der Waals surface area contributed by atoms with Crippen LogP contribution in [-0.4, -0.2) is 71.0 Å². The molecule has 2 aromatic rings. The van der Waals surface area contributed by atoms with Crippen LogP contribution in [0.1, 0.15) is 32.9 Å². The van der Waals surface area contributed by atoms with Crippen molar-refractivity contribution in [3.8, 4) is 0 Å². The van der Waals surface area contributed by atoms with Crippen molar-refractivity contribution >= 4 is 34.8 Å². The van der Waals surface area contributed by atoms with Crippen molar-refractivity contribution in [2.75, 3.05) is 50.1 Å². The standard InChI is InChI=1S/C22H29N7O3/c1-13-18(12-17-16-4-3-15(26-27-23)11-19(16)25-21(17)31)24-14(2)20(13)22(32)29-7-5-28(6-8-29)9-10-30/h3-4,11-12,24,26-27,30H,5-10,23H2,1-2H3,(H,25,31)/b17-12-. The molecule has 1 aromatic carbocycles. The largest absolute Gasteiger partial charge is 0.395 e. The average molecular weight is 440 g/mol. The maximum absolute atomic E-state index is 13.2. The van der Waals surface area contributed by atoms with Crippen molar-refractivity contribution in [2.24, 2.45) is 5.84 Å². The maximum Gasteiger partial charge on any atom is 0.256 e. The number of amides is 2. The minimum atomic E-state index is -0.197. The number of carbonyl (C=O) groups excluding carboxylic acids is 2. The van der Waals surface area contributed by atoms with Crippen LogP contribution in [-0.2, 0) is 4.79 Å². The van der Waals surface area contributed by atoms with Gasteiger partial charge in [0.05, 0.1) is 29.1 Å². The zero-order chi connectivity index (χ0) is 22.8. The number of nitrogens with one attached hydrogen (secondary N) is 4. The van der Waals surface area contributed by atoms with Gasteiger partial charge in [0.25, 0.3) is 11.8 Å². The lowest BCUT2D eigenvalue weighted by atomic mass is 10.0. The van der Waals surface area contributed by atoms with Crippen LogP contribution in [0.25, 0.3) is 11.6 Å². The molecule has 2 aliphatic heterocycles. The molecule has 32 heavy (non-hydrogen) atoms. The highest BCUT2D eigenvalue weighted by Crippen LogP contribution is 2.35. The Morgan fingerprint density at radius 3 is 2.69 bits per heavy atom. The Morgan fingerprint density at radius 1 is 1.25 bits per heavy atom. The van der Waals surface area contributed by atoms with E-state index in [2.05, 4.69) is 26.2 Å². The molecule has 7 N–H and O–H groups in total. The summed E-state index contributed by atoms with van der Waals surface area (Å²) < 4.78 is 0. The molecule has 0 unspecified atom stereocenters. The number of hydrazine groups is 2. The fourth-order valence-electron chi connectivity index (χ4n) is 4.36. The molecule has 0 aliphatic carbocycles. The van der Waals surface area contributed by atoms with Gasteiger partial charge in [0, 0.05) is 49.7 Å². The number of anilines is 2. The summed E-state index contributed by atoms with van der Waals surface area (Å²) in [6.45, 7) is 7.29. The molecule has 10 nitrogen and oxygen atoms in total. The highest BCUT2D eigenvalue weighted by molar-refractivity contribution is 6.35. The minimum absolute atomic E-state index is 0.00850. The van der Waals surface area contributed by atoms with E-state index in [9.17, 15) is 9.59 Å². The quantitative estimate of drug-likeness (QED) is 0.221. The molecule has 4 rings (SSSR count). The first-order valence-electron chi connectivity index (χ1n) is 10.6. The Labute approximate surface area is 186 Å². The molecule has 0 bridgehead atoms. The molecule has 1 fully saturated rings. The Hall–Kier alpha value is -3.18. The van der Waals surface area contributed by atoms with Crippen LogP contribution in [0.15, 0.2) is 18.2 Å². The number of benzene rings is 1. The number of H-pyrrole nitrogens is 1. The van der Waals surface area contributed by atoms with Gasteiger partial charge in [-0.05, 0) is 43.7 Å². The van der Waals surface area contributed by atoms with Gasteiger partial charge >= 0.3 is 0 Å². The second-order valence-corrected chi connectivity index (χ2v) is 8.06. The number of rotatable bonds is 6. The average Bonchev–Trinajstić information content (AvgIpc) is 3.23. The third-order valence-corrected chi connectivity index (χ3v) is 6.07. The van der Waals surface area contributed by atoms with E-state index in [1.807, 2.05) is 30.9 Å². The van der Waals surface area contributed by atoms with Gasteiger partial charge in [0.1, 0.15) is 0 Å². The molecular weight excluding hydrogens is 410 g/mol. The second-order valence-electron chi connectivity index (χ2n) is 8.06. The van der Waals surface area contributed by atoms with E-state index in [-0.39, 0.29) is 18.4 Å². The van der Waals surface area contributed by atoms with Crippen molar-refractivity contribution in [3.63, 3.8) is 0 Å². The van der Waals surface area contributed by atoms with Crippen LogP contribution >= 0.6 is 0 Å². The molecule has 0 spiro atoms. The van der Waals surface area contributed by atoms with Crippen LogP contribution < -0.4 is 22.1 Å². The van der Waals surface area contributed by atoms with E-state index in [0.29, 0.717) is 36.5 Å². The summed E-state index contributed by atoms with van der Waals surface area (Å²) in [6.07, 6.45) is 1.80. The molecule has 0 saturated carbocycles. The number of hydrogen-bond acceptors (Lipinski definition) is 7. The molecule has 1 saturated heterocycles. The molecule has 0 atom stereocenters. The van der Waals surface area contributed by atoms with E-state index in [4.69, 9.17) is 10.9 Å². The van der Waals surface area contributed by atoms with Crippen molar-refractivity contribution < 1.29 is 14.7 Å². The summed E-state index contributed by atoms with van der Waals surface area (Å²) in [6, 6.07) is 5.47. The van der Waals surface area contributed by atoms with Gasteiger partial charge in [-0.1, -0.05) is 0 Å². The number of aromatic amines is 1. The van der Waals surface area contributed by atoms with Crippen LogP contribution in [0.4, 0.5) is 11.4 Å². The zero-order valence-electron chi connectivity index (χ0n) is 18.3. The number of carbonyl (C=O) groups is 2. The second kappa shape index (κ2) is 9.13. The molecule has 2 amide bonds. The number of β-amino-alcohol motifs (C(OH)–C–C–N with tert-alkyl or cyclic N) is 1. The first kappa shape index (κ1) is 22.0. The molecule has 1 aromatic heterocycles. The van der Waals surface area contributed by atoms with E-state index in [0.717, 1.165) is 41.3 Å². The van der Waals surface area contributed by atoms with E-state index < -0.39 is 0 Å². The van der Waals surface area contributed by atoms with Gasteiger partial charge in [-0.2, -0.15) is 5.53 Å². The lowest BCUT2D eigenvalue weighted by Gasteiger charge is -2.34. The third-order valence-electron chi connectivity index (χ3n) is 6.07. The van der Waals surface area contributed by atoms with Gasteiger partial charge < -0.3 is 25.7 Å². The van der Waals surface area contributed by atoms with E-state index >= 15 is 0 Å². The lowest BCUT2D eigenvalue weighted by molar-refractivity contribution is -0.110. The number of aromatic nitrogens is 1. The van der Waals surface area contributed by atoms with Crippen molar-refractivity contribution in [1.82, 2.24) is 20.3 Å². The molecule has 3 heterocycles. The lowest BCUT2D eigenvalue weighted by Crippen LogP contribution is -2.49. The zero-order valence-corrected chi connectivity index (χ0v) is 18.3. The highest BCUT2D eigenvalue weighted by Gasteiger charge is 2.28. The Bertz CT molecular complexity index is 1070. The van der Waals surface area contributed by atoms with E-state index in [1.54, 1.807) is 12.1 Å². The Balaban J connectivity index is 1.58. The van der Waals surface area contributed by atoms with Gasteiger partial charge in [-0.3, -0.25) is 20.3 Å². The normalized spacial score (nSPS) is 17.6. The Morgan fingerprint density at radius 2 is 2.00 bits per heavy atom. The number of piperazine rings is 1. The molecule has 0 radical (unpaired) electrons. The SMILES string of the molecule is Cc1[nH]c(/C=C2\C(=O)Nc3cc(NNN)ccc32)c(C)c1C(=O)N1CCN(CCO)CC1. The minimum Gasteiger partial charge on any atom is -0.395 e. The van der Waals surface area contributed by atoms with Crippen LogP contribution in [0, 0.1) is 13.8 Å². The highest BCUT2D eigenvalue weighted by atomic mass is 16.3. The fraction of sp³-hybridized carbons (Fsp3) is 0.364. The molecule has 2 aliphatic rings. The first-order valence-corrected chi connectivity index (χ1v) is 10.6. The number of nitrogens with two attached hydrogens (primary N) is 1. The van der Waals surface area contributed by atoms with Crippen molar-refractivity contribution in [3.05, 3.63) is 46.3 Å². The monoisotopic (exact) mass is 439 g/mol. The smallest absolute Gasteiger partial charge is 0.256 e. The predicted molar refractivity (Wildman–Crippen MR) is 124 cm³/mol. The van der Waals surface area contributed by atoms with Crippen LogP contribution in [0.3, 0.4) is 0 Å². The molecule has 170 valence electrons. The van der Waals surface area contributed by atoms with Gasteiger partial charge in [0.2, 0.25) is 0 Å². The number of aryl methyl sites for hydroxylation is 1. The first-order chi connectivity index (χ1) is 15.4. The van der Waals surface area contributed by atoms with Crippen molar-refractivity contribution in [1.29, 1.82) is 0 Å². The summed E-state index contributed by atoms with van der Waals surface area (Å²) in [4.78, 5) is 33.1. The fourth-order valence-corrected chi connectivity index (χ4v) is 4.36. The number of nitrogens with zero attached hydrogens (tertiary/aromatic N) is 2. The molecule has 10 heteroatoms. The number of fused-ring (bicyclic) bond motifs is 1. The summed E-state index contributed by atoms with van der Waals surface area (Å²) in [7, 11) is 0. The van der Waals surface area contributed by atoms with Gasteiger partial charge in [-0.15, -0.1) is 0 Å². The van der Waals surface area contributed by atoms with Crippen LogP contribution in [0.5, 0.6) is 0 Å².